The van der Waals surface area contributed by atoms with Crippen LogP contribution in [0.25, 0.3) is 0 Å². The SMILES string of the molecule is CC[C@H](NC(=O)c1cccc(S(=O)(=O)N(C)C)c1)c1ccc(OC)cc1. The largest absolute Gasteiger partial charge is 0.497 e. The van der Waals surface area contributed by atoms with E-state index >= 15 is 0 Å². The van der Waals surface area contributed by atoms with Crippen LogP contribution in [-0.2, 0) is 10.0 Å². The van der Waals surface area contributed by atoms with Crippen LogP contribution in [0.1, 0.15) is 35.3 Å². The van der Waals surface area contributed by atoms with Crippen LogP contribution in [0.15, 0.2) is 53.4 Å². The van der Waals surface area contributed by atoms with Gasteiger partial charge in [-0.15, -0.1) is 0 Å². The number of carbonyl (C=O) groups is 1. The molecule has 1 atom stereocenters. The molecule has 0 bridgehead atoms. The Balaban J connectivity index is 2.22. The quantitative estimate of drug-likeness (QED) is 0.806. The summed E-state index contributed by atoms with van der Waals surface area (Å²) in [7, 11) is 0.927. The molecule has 0 saturated carbocycles. The minimum absolute atomic E-state index is 0.0904. The molecule has 0 saturated heterocycles. The molecule has 0 aromatic heterocycles. The fourth-order valence-corrected chi connectivity index (χ4v) is 3.46. The van der Waals surface area contributed by atoms with Crippen molar-refractivity contribution in [3.05, 3.63) is 59.7 Å². The zero-order valence-electron chi connectivity index (χ0n) is 15.4. The molecule has 7 heteroatoms. The predicted molar refractivity (Wildman–Crippen MR) is 101 cm³/mol. The molecule has 0 radical (unpaired) electrons. The predicted octanol–water partition coefficient (Wildman–Crippen LogP) is 2.83. The molecule has 6 nitrogen and oxygen atoms in total. The highest BCUT2D eigenvalue weighted by molar-refractivity contribution is 7.89. The Morgan fingerprint density at radius 2 is 1.81 bits per heavy atom. The molecule has 0 aliphatic heterocycles. The van der Waals surface area contributed by atoms with Crippen molar-refractivity contribution in [1.82, 2.24) is 9.62 Å². The highest BCUT2D eigenvalue weighted by Gasteiger charge is 2.20. The molecular weight excluding hydrogens is 352 g/mol. The van der Waals surface area contributed by atoms with Crippen LogP contribution in [0.4, 0.5) is 0 Å². The lowest BCUT2D eigenvalue weighted by molar-refractivity contribution is 0.0935. The first-order chi connectivity index (χ1) is 12.3. The Kier molecular flexibility index (Phi) is 6.39. The molecule has 0 aliphatic rings. The van der Waals surface area contributed by atoms with Gasteiger partial charge in [0.1, 0.15) is 5.75 Å². The van der Waals surface area contributed by atoms with Gasteiger partial charge < -0.3 is 10.1 Å². The van der Waals surface area contributed by atoms with Crippen molar-refractivity contribution in [2.24, 2.45) is 0 Å². The van der Waals surface area contributed by atoms with Gasteiger partial charge in [-0.25, -0.2) is 12.7 Å². The zero-order chi connectivity index (χ0) is 19.3. The number of amides is 1. The van der Waals surface area contributed by atoms with Gasteiger partial charge >= 0.3 is 0 Å². The number of hydrogen-bond acceptors (Lipinski definition) is 4. The average Bonchev–Trinajstić information content (AvgIpc) is 2.66. The van der Waals surface area contributed by atoms with E-state index in [2.05, 4.69) is 5.32 Å². The molecule has 0 fully saturated rings. The van der Waals surface area contributed by atoms with Gasteiger partial charge in [0.05, 0.1) is 18.0 Å². The first kappa shape index (κ1) is 19.9. The highest BCUT2D eigenvalue weighted by Crippen LogP contribution is 2.21. The highest BCUT2D eigenvalue weighted by atomic mass is 32.2. The van der Waals surface area contributed by atoms with Gasteiger partial charge in [-0.1, -0.05) is 25.1 Å². The van der Waals surface area contributed by atoms with Gasteiger partial charge in [0.15, 0.2) is 0 Å². The molecule has 0 heterocycles. The Morgan fingerprint density at radius 1 is 1.15 bits per heavy atom. The summed E-state index contributed by atoms with van der Waals surface area (Å²) in [5.74, 6) is 0.431. The zero-order valence-corrected chi connectivity index (χ0v) is 16.2. The third-order valence-electron chi connectivity index (χ3n) is 4.11. The molecule has 1 amide bonds. The molecular formula is C19H24N2O4S. The van der Waals surface area contributed by atoms with Crippen LogP contribution in [-0.4, -0.2) is 39.8 Å². The van der Waals surface area contributed by atoms with Gasteiger partial charge in [0, 0.05) is 19.7 Å². The topological polar surface area (TPSA) is 75.7 Å². The molecule has 0 spiro atoms. The number of methoxy groups -OCH3 is 1. The Morgan fingerprint density at radius 3 is 2.35 bits per heavy atom. The first-order valence-electron chi connectivity index (χ1n) is 8.27. The van der Waals surface area contributed by atoms with Crippen molar-refractivity contribution in [3.63, 3.8) is 0 Å². The number of benzene rings is 2. The van der Waals surface area contributed by atoms with Crippen molar-refractivity contribution in [2.75, 3.05) is 21.2 Å². The van der Waals surface area contributed by atoms with Gasteiger partial charge in [0.25, 0.3) is 5.91 Å². The van der Waals surface area contributed by atoms with Gasteiger partial charge in [-0.2, -0.15) is 0 Å². The van der Waals surface area contributed by atoms with E-state index in [1.165, 1.54) is 26.2 Å². The number of nitrogens with one attached hydrogen (secondary N) is 1. The van der Waals surface area contributed by atoms with Crippen LogP contribution in [0.3, 0.4) is 0 Å². The summed E-state index contributed by atoms with van der Waals surface area (Å²) in [6.45, 7) is 1.97. The van der Waals surface area contributed by atoms with Crippen molar-refractivity contribution in [3.8, 4) is 5.75 Å². The van der Waals surface area contributed by atoms with Gasteiger partial charge in [0.2, 0.25) is 10.0 Å². The third-order valence-corrected chi connectivity index (χ3v) is 5.92. The molecule has 0 aliphatic carbocycles. The van der Waals surface area contributed by atoms with E-state index in [0.717, 1.165) is 15.6 Å². The maximum atomic E-state index is 12.6. The fourth-order valence-electron chi connectivity index (χ4n) is 2.51. The summed E-state index contributed by atoms with van der Waals surface area (Å²) < 4.78 is 30.8. The van der Waals surface area contributed by atoms with Crippen LogP contribution in [0, 0.1) is 0 Å². The lowest BCUT2D eigenvalue weighted by Crippen LogP contribution is -2.28. The van der Waals surface area contributed by atoms with Gasteiger partial charge in [-0.3, -0.25) is 4.79 Å². The van der Waals surface area contributed by atoms with Gasteiger partial charge in [-0.05, 0) is 42.3 Å². The second-order valence-electron chi connectivity index (χ2n) is 6.02. The van der Waals surface area contributed by atoms with Crippen LogP contribution in [0.5, 0.6) is 5.75 Å². The second kappa shape index (κ2) is 8.33. The third kappa shape index (κ3) is 4.42. The molecule has 2 aromatic carbocycles. The second-order valence-corrected chi connectivity index (χ2v) is 8.17. The maximum absolute atomic E-state index is 12.6. The molecule has 26 heavy (non-hydrogen) atoms. The Bertz CT molecular complexity index is 861. The van der Waals surface area contributed by atoms with E-state index in [9.17, 15) is 13.2 Å². The Labute approximate surface area is 154 Å². The summed E-state index contributed by atoms with van der Waals surface area (Å²) >= 11 is 0. The standard InChI is InChI=1S/C19H24N2O4S/c1-5-18(14-9-11-16(25-4)12-10-14)20-19(22)15-7-6-8-17(13-15)26(23,24)21(2)3/h6-13,18H,5H2,1-4H3,(H,20,22)/t18-/m0/s1. The number of hydrogen-bond donors (Lipinski definition) is 1. The first-order valence-corrected chi connectivity index (χ1v) is 9.71. The number of ether oxygens (including phenoxy) is 1. The molecule has 0 unspecified atom stereocenters. The summed E-state index contributed by atoms with van der Waals surface area (Å²) in [5, 5.41) is 2.96. The molecule has 2 rings (SSSR count). The Hall–Kier alpha value is -2.38. The van der Waals surface area contributed by atoms with Crippen LogP contribution in [0.2, 0.25) is 0 Å². The van der Waals surface area contributed by atoms with E-state index < -0.39 is 10.0 Å². The number of carbonyl (C=O) groups excluding carboxylic acids is 1. The lowest BCUT2D eigenvalue weighted by atomic mass is 10.0. The minimum Gasteiger partial charge on any atom is -0.497 e. The van der Waals surface area contributed by atoms with Crippen LogP contribution >= 0.6 is 0 Å². The number of nitrogens with zero attached hydrogens (tertiary/aromatic N) is 1. The maximum Gasteiger partial charge on any atom is 0.251 e. The summed E-state index contributed by atoms with van der Waals surface area (Å²) in [6.07, 6.45) is 0.702. The average molecular weight is 376 g/mol. The lowest BCUT2D eigenvalue weighted by Gasteiger charge is -2.18. The summed E-state index contributed by atoms with van der Waals surface area (Å²) in [4.78, 5) is 12.7. The number of sulfonamides is 1. The summed E-state index contributed by atoms with van der Waals surface area (Å²) in [6, 6.07) is 13.4. The van der Waals surface area contributed by atoms with Crippen molar-refractivity contribution in [1.29, 1.82) is 0 Å². The molecule has 1 N–H and O–H groups in total. The monoisotopic (exact) mass is 376 g/mol. The number of rotatable bonds is 7. The van der Waals surface area contributed by atoms with E-state index in [4.69, 9.17) is 4.74 Å². The van der Waals surface area contributed by atoms with Crippen molar-refractivity contribution >= 4 is 15.9 Å². The van der Waals surface area contributed by atoms with Crippen molar-refractivity contribution in [2.45, 2.75) is 24.3 Å². The summed E-state index contributed by atoms with van der Waals surface area (Å²) in [5.41, 5.74) is 1.26. The molecule has 2 aromatic rings. The van der Waals surface area contributed by atoms with Crippen LogP contribution < -0.4 is 10.1 Å². The van der Waals surface area contributed by atoms with E-state index in [-0.39, 0.29) is 16.8 Å². The smallest absolute Gasteiger partial charge is 0.251 e. The normalized spacial score (nSPS) is 12.7. The van der Waals surface area contributed by atoms with E-state index in [1.54, 1.807) is 19.2 Å². The van der Waals surface area contributed by atoms with Crippen molar-refractivity contribution < 1.29 is 17.9 Å². The fraction of sp³-hybridized carbons (Fsp3) is 0.316. The van der Waals surface area contributed by atoms with E-state index in [0.29, 0.717) is 12.0 Å². The van der Waals surface area contributed by atoms with E-state index in [1.807, 2.05) is 31.2 Å². The minimum atomic E-state index is -3.59. The molecule has 140 valence electrons.